The third kappa shape index (κ3) is 3.00. The van der Waals surface area contributed by atoms with Gasteiger partial charge in [0.2, 0.25) is 0 Å². The average Bonchev–Trinajstić information content (AvgIpc) is 2.50. The molecular weight excluding hydrogens is 268 g/mol. The van der Waals surface area contributed by atoms with Crippen LogP contribution in [-0.4, -0.2) is 29.7 Å². The normalized spacial score (nSPS) is 14.8. The summed E-state index contributed by atoms with van der Waals surface area (Å²) in [7, 11) is 0. The van der Waals surface area contributed by atoms with Crippen LogP contribution in [0.15, 0.2) is 18.2 Å². The molecule has 0 bridgehead atoms. The third-order valence-corrected chi connectivity index (χ3v) is 3.63. The largest absolute Gasteiger partial charge is 0.478 e. The number of nitrogens with zero attached hydrogens (tertiary/aromatic N) is 1. The highest BCUT2D eigenvalue weighted by Crippen LogP contribution is 2.30. The van der Waals surface area contributed by atoms with Crippen molar-refractivity contribution in [3.8, 4) is 12.3 Å². The number of hydrogen-bond donors (Lipinski definition) is 2. The van der Waals surface area contributed by atoms with Crippen molar-refractivity contribution in [1.29, 1.82) is 0 Å². The van der Waals surface area contributed by atoms with Crippen LogP contribution in [0.5, 0.6) is 0 Å². The fraction of sp³-hybridized carbons (Fsp3) is 0.375. The van der Waals surface area contributed by atoms with E-state index in [1.807, 2.05) is 6.92 Å². The summed E-state index contributed by atoms with van der Waals surface area (Å²) in [5, 5.41) is 12.0. The van der Waals surface area contributed by atoms with Crippen molar-refractivity contribution in [3.63, 3.8) is 0 Å². The number of fused-ring (bicyclic) bond motifs is 1. The Morgan fingerprint density at radius 1 is 1.52 bits per heavy atom. The fourth-order valence-corrected chi connectivity index (χ4v) is 2.52. The molecule has 21 heavy (non-hydrogen) atoms. The van der Waals surface area contributed by atoms with Crippen molar-refractivity contribution < 1.29 is 14.7 Å². The molecule has 0 saturated heterocycles. The van der Waals surface area contributed by atoms with Crippen LogP contribution in [0.1, 0.15) is 35.7 Å². The molecule has 2 amide bonds. The maximum absolute atomic E-state index is 12.3. The molecule has 0 radical (unpaired) electrons. The predicted molar refractivity (Wildman–Crippen MR) is 80.5 cm³/mol. The first-order valence-corrected chi connectivity index (χ1v) is 6.97. The zero-order valence-corrected chi connectivity index (χ0v) is 11.9. The van der Waals surface area contributed by atoms with Gasteiger partial charge in [0.25, 0.3) is 0 Å². The molecular formula is C16H18N2O3. The molecule has 110 valence electrons. The molecule has 0 aliphatic carbocycles. The lowest BCUT2D eigenvalue weighted by molar-refractivity contribution is 0.0695. The lowest BCUT2D eigenvalue weighted by Crippen LogP contribution is -2.46. The highest BCUT2D eigenvalue weighted by Gasteiger charge is 2.26. The summed E-state index contributed by atoms with van der Waals surface area (Å²) in [5.41, 5.74) is 1.62. The van der Waals surface area contributed by atoms with Crippen molar-refractivity contribution in [3.05, 3.63) is 29.3 Å². The average molecular weight is 286 g/mol. The van der Waals surface area contributed by atoms with Gasteiger partial charge in [0, 0.05) is 12.2 Å². The summed E-state index contributed by atoms with van der Waals surface area (Å²) in [6.45, 7) is 2.46. The number of carboxylic acid groups (broad SMARTS) is 1. The Kier molecular flexibility index (Phi) is 4.49. The summed E-state index contributed by atoms with van der Waals surface area (Å²) in [6, 6.07) is 4.41. The Bertz CT molecular complexity index is 604. The lowest BCUT2D eigenvalue weighted by atomic mass is 9.96. The molecule has 1 heterocycles. The Morgan fingerprint density at radius 3 is 2.90 bits per heavy atom. The van der Waals surface area contributed by atoms with Gasteiger partial charge in [-0.25, -0.2) is 9.59 Å². The second kappa shape index (κ2) is 6.31. The standard InChI is InChI=1S/C16H18N2O3/c1-3-11(4-2)17-16(21)18-10-6-8-12-13(15(19)20)7-5-9-14(12)18/h1,5,7,9,11H,4,6,8,10H2,2H3,(H,17,21)(H,19,20). The molecule has 0 saturated carbocycles. The van der Waals surface area contributed by atoms with E-state index in [0.29, 0.717) is 30.6 Å². The maximum Gasteiger partial charge on any atom is 0.336 e. The number of amides is 2. The van der Waals surface area contributed by atoms with Gasteiger partial charge in [-0.1, -0.05) is 18.9 Å². The summed E-state index contributed by atoms with van der Waals surface area (Å²) in [6.07, 6.45) is 7.40. The molecule has 5 heteroatoms. The molecule has 5 nitrogen and oxygen atoms in total. The van der Waals surface area contributed by atoms with Gasteiger partial charge in [0.05, 0.1) is 11.6 Å². The van der Waals surface area contributed by atoms with Crippen LogP contribution in [0.4, 0.5) is 10.5 Å². The summed E-state index contributed by atoms with van der Waals surface area (Å²) >= 11 is 0. The van der Waals surface area contributed by atoms with Gasteiger partial charge < -0.3 is 10.4 Å². The number of anilines is 1. The molecule has 1 unspecified atom stereocenters. The van der Waals surface area contributed by atoms with Gasteiger partial charge in [0.15, 0.2) is 0 Å². The Hall–Kier alpha value is -2.48. The molecule has 1 aromatic carbocycles. The van der Waals surface area contributed by atoms with E-state index in [0.717, 1.165) is 6.42 Å². The Balaban J connectivity index is 2.31. The number of carbonyl (C=O) groups excluding carboxylic acids is 1. The van der Waals surface area contributed by atoms with Crippen LogP contribution in [0.3, 0.4) is 0 Å². The van der Waals surface area contributed by atoms with Crippen LogP contribution in [0, 0.1) is 12.3 Å². The van der Waals surface area contributed by atoms with Crippen LogP contribution in [0.25, 0.3) is 0 Å². The van der Waals surface area contributed by atoms with Crippen LogP contribution in [-0.2, 0) is 6.42 Å². The molecule has 1 aliphatic rings. The van der Waals surface area contributed by atoms with Crippen LogP contribution in [0.2, 0.25) is 0 Å². The first kappa shape index (κ1) is 14.9. The third-order valence-electron chi connectivity index (χ3n) is 3.63. The topological polar surface area (TPSA) is 69.6 Å². The van der Waals surface area contributed by atoms with Gasteiger partial charge in [-0.05, 0) is 37.0 Å². The van der Waals surface area contributed by atoms with E-state index in [4.69, 9.17) is 6.42 Å². The maximum atomic E-state index is 12.3. The smallest absolute Gasteiger partial charge is 0.336 e. The lowest BCUT2D eigenvalue weighted by Gasteiger charge is -2.31. The van der Waals surface area contributed by atoms with E-state index < -0.39 is 5.97 Å². The molecule has 1 aromatic rings. The van der Waals surface area contributed by atoms with Gasteiger partial charge in [-0.3, -0.25) is 4.90 Å². The Labute approximate surface area is 124 Å². The number of terminal acetylenes is 1. The minimum Gasteiger partial charge on any atom is -0.478 e. The van der Waals surface area contributed by atoms with E-state index in [1.54, 1.807) is 23.1 Å². The number of carboxylic acids is 1. The summed E-state index contributed by atoms with van der Waals surface area (Å²) in [5.74, 6) is 1.55. The molecule has 1 atom stereocenters. The highest BCUT2D eigenvalue weighted by atomic mass is 16.4. The monoisotopic (exact) mass is 286 g/mol. The zero-order chi connectivity index (χ0) is 15.4. The van der Waals surface area contributed by atoms with Crippen LogP contribution < -0.4 is 10.2 Å². The number of benzene rings is 1. The zero-order valence-electron chi connectivity index (χ0n) is 11.9. The van der Waals surface area contributed by atoms with Crippen molar-refractivity contribution >= 4 is 17.7 Å². The molecule has 1 aliphatic heterocycles. The van der Waals surface area contributed by atoms with Crippen molar-refractivity contribution in [1.82, 2.24) is 5.32 Å². The fourth-order valence-electron chi connectivity index (χ4n) is 2.52. The first-order valence-electron chi connectivity index (χ1n) is 6.97. The number of hydrogen-bond acceptors (Lipinski definition) is 2. The second-order valence-corrected chi connectivity index (χ2v) is 4.94. The van der Waals surface area contributed by atoms with Gasteiger partial charge in [0.1, 0.15) is 0 Å². The number of carbonyl (C=O) groups is 2. The first-order chi connectivity index (χ1) is 10.1. The predicted octanol–water partition coefficient (Wildman–Crippen LogP) is 2.26. The Morgan fingerprint density at radius 2 is 2.29 bits per heavy atom. The van der Waals surface area contributed by atoms with Gasteiger partial charge in [-0.15, -0.1) is 6.42 Å². The van der Waals surface area contributed by atoms with E-state index in [9.17, 15) is 14.7 Å². The summed E-state index contributed by atoms with van der Waals surface area (Å²) in [4.78, 5) is 25.2. The van der Waals surface area contributed by atoms with Gasteiger partial charge in [-0.2, -0.15) is 0 Å². The van der Waals surface area contributed by atoms with E-state index in [1.165, 1.54) is 0 Å². The van der Waals surface area contributed by atoms with E-state index in [2.05, 4.69) is 11.2 Å². The minimum absolute atomic E-state index is 0.258. The SMILES string of the molecule is C#CC(CC)NC(=O)N1CCCc2c(C(=O)O)cccc21. The second-order valence-electron chi connectivity index (χ2n) is 4.94. The minimum atomic E-state index is -0.968. The van der Waals surface area contributed by atoms with Crippen molar-refractivity contribution in [2.45, 2.75) is 32.2 Å². The number of nitrogens with one attached hydrogen (secondary N) is 1. The number of urea groups is 1. The molecule has 2 rings (SSSR count). The summed E-state index contributed by atoms with van der Waals surface area (Å²) < 4.78 is 0. The number of rotatable bonds is 3. The van der Waals surface area contributed by atoms with Crippen molar-refractivity contribution in [2.75, 3.05) is 11.4 Å². The number of aromatic carboxylic acids is 1. The molecule has 2 N–H and O–H groups in total. The van der Waals surface area contributed by atoms with E-state index >= 15 is 0 Å². The van der Waals surface area contributed by atoms with Gasteiger partial charge >= 0.3 is 12.0 Å². The quantitative estimate of drug-likeness (QED) is 0.837. The van der Waals surface area contributed by atoms with E-state index in [-0.39, 0.29) is 17.6 Å². The molecule has 0 fully saturated rings. The molecule has 0 aromatic heterocycles. The van der Waals surface area contributed by atoms with Crippen molar-refractivity contribution in [2.24, 2.45) is 0 Å². The highest BCUT2D eigenvalue weighted by molar-refractivity contribution is 5.97. The molecule has 0 spiro atoms. The van der Waals surface area contributed by atoms with Crippen LogP contribution >= 0.6 is 0 Å².